The summed E-state index contributed by atoms with van der Waals surface area (Å²) in [6, 6.07) is 4.73. The molecular formula is C10H7ClN2O2. The Kier molecular flexibility index (Phi) is 2.21. The molecule has 0 aliphatic rings. The van der Waals surface area contributed by atoms with Crippen LogP contribution in [0.15, 0.2) is 24.4 Å². The van der Waals surface area contributed by atoms with E-state index < -0.39 is 5.91 Å². The molecule has 76 valence electrons. The summed E-state index contributed by atoms with van der Waals surface area (Å²) in [5, 5.41) is 10.6. The zero-order valence-corrected chi connectivity index (χ0v) is 8.32. The normalized spacial score (nSPS) is 10.5. The van der Waals surface area contributed by atoms with Crippen LogP contribution in [-0.2, 0) is 0 Å². The van der Waals surface area contributed by atoms with Gasteiger partial charge in [-0.1, -0.05) is 11.6 Å². The van der Waals surface area contributed by atoms with Gasteiger partial charge in [-0.25, -0.2) is 0 Å². The minimum Gasteiger partial charge on any atom is -0.505 e. The summed E-state index contributed by atoms with van der Waals surface area (Å²) in [7, 11) is 0. The number of phenols is 1. The molecule has 15 heavy (non-hydrogen) atoms. The Balaban J connectivity index is 2.90. The van der Waals surface area contributed by atoms with Crippen molar-refractivity contribution in [2.24, 2.45) is 5.73 Å². The van der Waals surface area contributed by atoms with Gasteiger partial charge in [0.1, 0.15) is 5.52 Å². The number of benzene rings is 1. The van der Waals surface area contributed by atoms with E-state index >= 15 is 0 Å². The Hall–Kier alpha value is -1.81. The Bertz CT molecular complexity index is 554. The highest BCUT2D eigenvalue weighted by molar-refractivity contribution is 6.36. The standard InChI is InChI=1S/C10H7ClN2O2/c11-7-4-6(10(12)15)9(14)8-5(7)2-1-3-13-8/h1-4,14H,(H2,12,15). The van der Waals surface area contributed by atoms with Crippen molar-refractivity contribution in [3.8, 4) is 5.75 Å². The molecule has 4 nitrogen and oxygen atoms in total. The van der Waals surface area contributed by atoms with E-state index in [1.807, 2.05) is 0 Å². The molecule has 0 fully saturated rings. The number of amides is 1. The average Bonchev–Trinajstić information content (AvgIpc) is 2.23. The van der Waals surface area contributed by atoms with Crippen molar-refractivity contribution in [2.45, 2.75) is 0 Å². The lowest BCUT2D eigenvalue weighted by Crippen LogP contribution is -2.11. The van der Waals surface area contributed by atoms with Crippen LogP contribution >= 0.6 is 11.6 Å². The summed E-state index contributed by atoms with van der Waals surface area (Å²) in [6.07, 6.45) is 1.50. The number of carbonyl (C=O) groups is 1. The summed E-state index contributed by atoms with van der Waals surface area (Å²) in [5.41, 5.74) is 5.34. The highest BCUT2D eigenvalue weighted by Gasteiger charge is 2.14. The maximum atomic E-state index is 11.0. The van der Waals surface area contributed by atoms with Crippen molar-refractivity contribution in [3.63, 3.8) is 0 Å². The topological polar surface area (TPSA) is 76.2 Å². The number of hydrogen-bond acceptors (Lipinski definition) is 3. The number of nitrogens with zero attached hydrogens (tertiary/aromatic N) is 1. The van der Waals surface area contributed by atoms with Crippen LogP contribution in [0.3, 0.4) is 0 Å². The fourth-order valence-corrected chi connectivity index (χ4v) is 1.64. The highest BCUT2D eigenvalue weighted by Crippen LogP contribution is 2.32. The van der Waals surface area contributed by atoms with Gasteiger partial charge in [-0.05, 0) is 18.2 Å². The van der Waals surface area contributed by atoms with E-state index in [1.165, 1.54) is 12.3 Å². The van der Waals surface area contributed by atoms with Crippen molar-refractivity contribution in [1.29, 1.82) is 0 Å². The fourth-order valence-electron chi connectivity index (χ4n) is 1.37. The number of primary amides is 1. The van der Waals surface area contributed by atoms with E-state index in [-0.39, 0.29) is 16.8 Å². The smallest absolute Gasteiger partial charge is 0.252 e. The summed E-state index contributed by atoms with van der Waals surface area (Å²) in [6.45, 7) is 0. The van der Waals surface area contributed by atoms with Crippen LogP contribution < -0.4 is 5.73 Å². The van der Waals surface area contributed by atoms with Gasteiger partial charge in [0.15, 0.2) is 5.75 Å². The number of carbonyl (C=O) groups excluding carboxylic acids is 1. The van der Waals surface area contributed by atoms with Crippen LogP contribution in [0.4, 0.5) is 0 Å². The zero-order chi connectivity index (χ0) is 11.0. The molecule has 2 aromatic rings. The first kappa shape index (κ1) is 9.73. The van der Waals surface area contributed by atoms with Crippen LogP contribution in [0.25, 0.3) is 10.9 Å². The molecule has 0 aliphatic carbocycles. The number of aromatic nitrogens is 1. The molecule has 0 saturated carbocycles. The number of aromatic hydroxyl groups is 1. The summed E-state index contributed by atoms with van der Waals surface area (Å²) in [5.74, 6) is -0.968. The molecule has 0 saturated heterocycles. The van der Waals surface area contributed by atoms with Gasteiger partial charge in [-0.3, -0.25) is 9.78 Å². The minimum atomic E-state index is -0.734. The monoisotopic (exact) mass is 222 g/mol. The van der Waals surface area contributed by atoms with Crippen molar-refractivity contribution >= 4 is 28.4 Å². The maximum absolute atomic E-state index is 11.0. The molecule has 0 unspecified atom stereocenters. The molecule has 2 rings (SSSR count). The minimum absolute atomic E-state index is 0.0220. The van der Waals surface area contributed by atoms with Crippen LogP contribution in [0.5, 0.6) is 5.75 Å². The lowest BCUT2D eigenvalue weighted by molar-refractivity contribution is 0.0998. The summed E-state index contributed by atoms with van der Waals surface area (Å²) >= 11 is 5.92. The predicted molar refractivity (Wildman–Crippen MR) is 56.9 cm³/mol. The van der Waals surface area contributed by atoms with Crippen molar-refractivity contribution in [1.82, 2.24) is 4.98 Å². The Morgan fingerprint density at radius 2 is 2.27 bits per heavy atom. The number of rotatable bonds is 1. The average molecular weight is 223 g/mol. The molecule has 1 amide bonds. The van der Waals surface area contributed by atoms with Gasteiger partial charge in [0.25, 0.3) is 5.91 Å². The first-order valence-corrected chi connectivity index (χ1v) is 4.55. The maximum Gasteiger partial charge on any atom is 0.252 e. The van der Waals surface area contributed by atoms with Gasteiger partial charge >= 0.3 is 0 Å². The molecule has 0 spiro atoms. The van der Waals surface area contributed by atoms with E-state index in [1.54, 1.807) is 12.1 Å². The largest absolute Gasteiger partial charge is 0.505 e. The van der Waals surface area contributed by atoms with E-state index in [0.29, 0.717) is 10.4 Å². The van der Waals surface area contributed by atoms with Crippen molar-refractivity contribution < 1.29 is 9.90 Å². The second-order valence-corrected chi connectivity index (χ2v) is 3.43. The number of nitrogens with two attached hydrogens (primary N) is 1. The number of fused-ring (bicyclic) bond motifs is 1. The molecule has 0 radical (unpaired) electrons. The second kappa shape index (κ2) is 3.40. The van der Waals surface area contributed by atoms with E-state index in [9.17, 15) is 9.90 Å². The lowest BCUT2D eigenvalue weighted by atomic mass is 10.1. The third-order valence-electron chi connectivity index (χ3n) is 2.08. The van der Waals surface area contributed by atoms with Gasteiger partial charge in [-0.2, -0.15) is 0 Å². The Morgan fingerprint density at radius 3 is 2.93 bits per heavy atom. The molecular weight excluding hydrogens is 216 g/mol. The summed E-state index contributed by atoms with van der Waals surface area (Å²) in [4.78, 5) is 14.9. The van der Waals surface area contributed by atoms with Gasteiger partial charge in [-0.15, -0.1) is 0 Å². The SMILES string of the molecule is NC(=O)c1cc(Cl)c2cccnc2c1O. The van der Waals surface area contributed by atoms with Crippen molar-refractivity contribution in [3.05, 3.63) is 35.0 Å². The Morgan fingerprint density at radius 1 is 1.53 bits per heavy atom. The molecule has 1 heterocycles. The molecule has 3 N–H and O–H groups in total. The first-order valence-electron chi connectivity index (χ1n) is 4.17. The van der Waals surface area contributed by atoms with Crippen LogP contribution in [0.1, 0.15) is 10.4 Å². The third kappa shape index (κ3) is 1.49. The fraction of sp³-hybridized carbons (Fsp3) is 0. The summed E-state index contributed by atoms with van der Waals surface area (Å²) < 4.78 is 0. The number of halogens is 1. The van der Waals surface area contributed by atoms with Gasteiger partial charge in [0.05, 0.1) is 10.6 Å². The second-order valence-electron chi connectivity index (χ2n) is 3.02. The molecule has 0 bridgehead atoms. The zero-order valence-electron chi connectivity index (χ0n) is 7.57. The van der Waals surface area contributed by atoms with Gasteiger partial charge < -0.3 is 10.8 Å². The van der Waals surface area contributed by atoms with E-state index in [4.69, 9.17) is 17.3 Å². The number of pyridine rings is 1. The van der Waals surface area contributed by atoms with Crippen LogP contribution in [-0.4, -0.2) is 16.0 Å². The van der Waals surface area contributed by atoms with Crippen LogP contribution in [0, 0.1) is 0 Å². The predicted octanol–water partition coefficient (Wildman–Crippen LogP) is 1.69. The van der Waals surface area contributed by atoms with Crippen LogP contribution in [0.2, 0.25) is 5.02 Å². The molecule has 1 aromatic carbocycles. The lowest BCUT2D eigenvalue weighted by Gasteiger charge is -2.05. The Labute approximate surface area is 90.3 Å². The van der Waals surface area contributed by atoms with Gasteiger partial charge in [0, 0.05) is 11.6 Å². The van der Waals surface area contributed by atoms with E-state index in [2.05, 4.69) is 4.98 Å². The third-order valence-corrected chi connectivity index (χ3v) is 2.39. The number of hydrogen-bond donors (Lipinski definition) is 2. The van der Waals surface area contributed by atoms with E-state index in [0.717, 1.165) is 0 Å². The highest BCUT2D eigenvalue weighted by atomic mass is 35.5. The quantitative estimate of drug-likeness (QED) is 0.771. The van der Waals surface area contributed by atoms with Gasteiger partial charge in [0.2, 0.25) is 0 Å². The first-order chi connectivity index (χ1) is 7.11. The molecule has 0 aliphatic heterocycles. The molecule has 0 atom stereocenters. The molecule has 5 heteroatoms. The van der Waals surface area contributed by atoms with Crippen molar-refractivity contribution in [2.75, 3.05) is 0 Å². The molecule has 1 aromatic heterocycles.